The number of nitrogens with zero attached hydrogens (tertiary/aromatic N) is 1. The molecule has 2 rings (SSSR count). The molecular formula is C12H18N2O4S2. The summed E-state index contributed by atoms with van der Waals surface area (Å²) in [6, 6.07) is 1.94. The molecule has 0 amide bonds. The number of carbonyl (C=O) groups is 1. The lowest BCUT2D eigenvalue weighted by Crippen LogP contribution is -2.41. The Morgan fingerprint density at radius 1 is 1.60 bits per heavy atom. The zero-order valence-corrected chi connectivity index (χ0v) is 13.0. The topological polar surface area (TPSA) is 86.7 Å². The second kappa shape index (κ2) is 5.80. The zero-order valence-electron chi connectivity index (χ0n) is 11.4. The number of nitrogens with one attached hydrogen (secondary N) is 1. The van der Waals surface area contributed by atoms with E-state index in [1.54, 1.807) is 0 Å². The lowest BCUT2D eigenvalue weighted by atomic mass is 10.3. The number of sulfonamides is 1. The molecule has 0 saturated heterocycles. The number of hydrogen-bond acceptors (Lipinski definition) is 5. The minimum absolute atomic E-state index is 0.0733. The molecule has 1 atom stereocenters. The Morgan fingerprint density at radius 3 is 2.80 bits per heavy atom. The predicted octanol–water partition coefficient (Wildman–Crippen LogP) is 1.21. The van der Waals surface area contributed by atoms with Crippen molar-refractivity contribution in [3.05, 3.63) is 16.3 Å². The van der Waals surface area contributed by atoms with Crippen molar-refractivity contribution >= 4 is 27.3 Å². The first-order valence-electron chi connectivity index (χ1n) is 6.35. The number of hydrogen-bond donors (Lipinski definition) is 2. The number of likely N-dealkylation sites (N-methyl/N-ethyl adjacent to an activating group) is 1. The van der Waals surface area contributed by atoms with Crippen LogP contribution >= 0.6 is 11.3 Å². The van der Waals surface area contributed by atoms with Gasteiger partial charge in [0, 0.05) is 18.6 Å². The van der Waals surface area contributed by atoms with Crippen LogP contribution in [0.2, 0.25) is 0 Å². The summed E-state index contributed by atoms with van der Waals surface area (Å²) in [5, 5.41) is 10.4. The molecule has 1 heterocycles. The molecule has 0 aromatic carbocycles. The van der Waals surface area contributed by atoms with E-state index in [-0.39, 0.29) is 22.4 Å². The molecule has 1 unspecified atom stereocenters. The number of aromatic carboxylic acids is 1. The van der Waals surface area contributed by atoms with Gasteiger partial charge in [0.2, 0.25) is 10.0 Å². The molecule has 1 aromatic rings. The Morgan fingerprint density at radius 2 is 2.25 bits per heavy atom. The van der Waals surface area contributed by atoms with Gasteiger partial charge in [-0.1, -0.05) is 0 Å². The summed E-state index contributed by atoms with van der Waals surface area (Å²) in [4.78, 5) is 12.8. The Balaban J connectivity index is 2.03. The highest BCUT2D eigenvalue weighted by Gasteiger charge is 2.30. The Labute approximate surface area is 122 Å². The number of rotatable bonds is 7. The number of thiophene rings is 1. The standard InChI is InChI=1S/C12H18N2O4S2/c1-8(14(2)9-3-4-9)7-13-20(17,18)10-5-6-19-11(10)12(15)16/h5-6,8-9,13H,3-4,7H2,1-2H3,(H,15,16). The van der Waals surface area contributed by atoms with E-state index in [4.69, 9.17) is 5.11 Å². The van der Waals surface area contributed by atoms with Gasteiger partial charge < -0.3 is 5.11 Å². The molecule has 1 saturated carbocycles. The lowest BCUT2D eigenvalue weighted by Gasteiger charge is -2.24. The van der Waals surface area contributed by atoms with Gasteiger partial charge in [0.1, 0.15) is 9.77 Å². The van der Waals surface area contributed by atoms with Crippen molar-refractivity contribution in [2.45, 2.75) is 36.7 Å². The van der Waals surface area contributed by atoms with Crippen molar-refractivity contribution in [2.24, 2.45) is 0 Å². The van der Waals surface area contributed by atoms with E-state index in [9.17, 15) is 13.2 Å². The summed E-state index contributed by atoms with van der Waals surface area (Å²) < 4.78 is 26.8. The van der Waals surface area contributed by atoms with Gasteiger partial charge in [0.05, 0.1) is 0 Å². The molecule has 1 aliphatic rings. The summed E-state index contributed by atoms with van der Waals surface area (Å²) in [6.45, 7) is 2.22. The van der Waals surface area contributed by atoms with E-state index >= 15 is 0 Å². The van der Waals surface area contributed by atoms with Crippen molar-refractivity contribution in [3.63, 3.8) is 0 Å². The highest BCUT2D eigenvalue weighted by Crippen LogP contribution is 2.27. The molecule has 6 nitrogen and oxygen atoms in total. The van der Waals surface area contributed by atoms with E-state index in [1.807, 2.05) is 14.0 Å². The van der Waals surface area contributed by atoms with E-state index in [0.717, 1.165) is 24.2 Å². The molecule has 0 bridgehead atoms. The summed E-state index contributed by atoms with van der Waals surface area (Å²) in [6.07, 6.45) is 2.31. The first-order chi connectivity index (χ1) is 9.33. The average Bonchev–Trinajstić information content (AvgIpc) is 3.10. The molecule has 1 aliphatic carbocycles. The smallest absolute Gasteiger partial charge is 0.347 e. The van der Waals surface area contributed by atoms with Crippen LogP contribution in [0.25, 0.3) is 0 Å². The van der Waals surface area contributed by atoms with Crippen LogP contribution in [-0.4, -0.2) is 50.1 Å². The fourth-order valence-corrected chi connectivity index (χ4v) is 4.34. The molecule has 2 N–H and O–H groups in total. The number of carboxylic acids is 1. The molecule has 1 aromatic heterocycles. The highest BCUT2D eigenvalue weighted by molar-refractivity contribution is 7.89. The second-order valence-electron chi connectivity index (χ2n) is 5.02. The molecular weight excluding hydrogens is 300 g/mol. The quantitative estimate of drug-likeness (QED) is 0.789. The van der Waals surface area contributed by atoms with Crippen LogP contribution in [0.5, 0.6) is 0 Å². The Bertz CT molecular complexity index is 592. The third-order valence-corrected chi connectivity index (χ3v) is 6.00. The van der Waals surface area contributed by atoms with Crippen molar-refractivity contribution < 1.29 is 18.3 Å². The summed E-state index contributed by atoms with van der Waals surface area (Å²) in [5.41, 5.74) is 0. The summed E-state index contributed by atoms with van der Waals surface area (Å²) in [5.74, 6) is -1.22. The first-order valence-corrected chi connectivity index (χ1v) is 8.71. The molecule has 0 radical (unpaired) electrons. The highest BCUT2D eigenvalue weighted by atomic mass is 32.2. The Kier molecular flexibility index (Phi) is 4.48. The van der Waals surface area contributed by atoms with Crippen LogP contribution in [0.4, 0.5) is 0 Å². The van der Waals surface area contributed by atoms with Gasteiger partial charge in [-0.2, -0.15) is 0 Å². The minimum atomic E-state index is -3.77. The van der Waals surface area contributed by atoms with Gasteiger partial charge in [0.25, 0.3) is 0 Å². The maximum atomic E-state index is 12.1. The molecule has 1 fully saturated rings. The van der Waals surface area contributed by atoms with E-state index < -0.39 is 16.0 Å². The second-order valence-corrected chi connectivity index (χ2v) is 7.67. The number of carboxylic acid groups (broad SMARTS) is 1. The Hall–Kier alpha value is -0.960. The molecule has 112 valence electrons. The van der Waals surface area contributed by atoms with Gasteiger partial charge >= 0.3 is 5.97 Å². The minimum Gasteiger partial charge on any atom is -0.477 e. The van der Waals surface area contributed by atoms with Gasteiger partial charge in [-0.3, -0.25) is 4.90 Å². The lowest BCUT2D eigenvalue weighted by molar-refractivity contribution is 0.0698. The molecule has 0 aliphatic heterocycles. The SMILES string of the molecule is CC(CNS(=O)(=O)c1ccsc1C(=O)O)N(C)C1CC1. The van der Waals surface area contributed by atoms with Crippen molar-refractivity contribution in [3.8, 4) is 0 Å². The van der Waals surface area contributed by atoms with E-state index in [2.05, 4.69) is 9.62 Å². The third kappa shape index (κ3) is 3.38. The fourth-order valence-electron chi connectivity index (χ4n) is 1.96. The molecule has 8 heteroatoms. The summed E-state index contributed by atoms with van der Waals surface area (Å²) >= 11 is 0.911. The van der Waals surface area contributed by atoms with Gasteiger partial charge in [-0.05, 0) is 38.3 Å². The van der Waals surface area contributed by atoms with Crippen LogP contribution in [0.15, 0.2) is 16.3 Å². The van der Waals surface area contributed by atoms with Gasteiger partial charge in [-0.15, -0.1) is 11.3 Å². The van der Waals surface area contributed by atoms with E-state index in [1.165, 1.54) is 11.4 Å². The monoisotopic (exact) mass is 318 g/mol. The van der Waals surface area contributed by atoms with Crippen molar-refractivity contribution in [1.29, 1.82) is 0 Å². The maximum Gasteiger partial charge on any atom is 0.347 e. The van der Waals surface area contributed by atoms with Crippen LogP contribution in [0.3, 0.4) is 0 Å². The van der Waals surface area contributed by atoms with Crippen LogP contribution in [0, 0.1) is 0 Å². The normalized spacial score (nSPS) is 17.4. The maximum absolute atomic E-state index is 12.1. The first kappa shape index (κ1) is 15.4. The summed E-state index contributed by atoms with van der Waals surface area (Å²) in [7, 11) is -1.80. The zero-order chi connectivity index (χ0) is 14.9. The van der Waals surface area contributed by atoms with E-state index in [0.29, 0.717) is 6.04 Å². The van der Waals surface area contributed by atoms with Gasteiger partial charge in [-0.25, -0.2) is 17.9 Å². The molecule has 20 heavy (non-hydrogen) atoms. The van der Waals surface area contributed by atoms with Crippen LogP contribution in [0.1, 0.15) is 29.4 Å². The molecule has 0 spiro atoms. The van der Waals surface area contributed by atoms with Crippen LogP contribution in [-0.2, 0) is 10.0 Å². The largest absolute Gasteiger partial charge is 0.477 e. The fraction of sp³-hybridized carbons (Fsp3) is 0.583. The van der Waals surface area contributed by atoms with Gasteiger partial charge in [0.15, 0.2) is 0 Å². The third-order valence-electron chi connectivity index (χ3n) is 3.50. The van der Waals surface area contributed by atoms with Crippen molar-refractivity contribution in [2.75, 3.05) is 13.6 Å². The predicted molar refractivity (Wildman–Crippen MR) is 76.7 cm³/mol. The average molecular weight is 318 g/mol. The van der Waals surface area contributed by atoms with Crippen LogP contribution < -0.4 is 4.72 Å². The van der Waals surface area contributed by atoms with Crippen molar-refractivity contribution in [1.82, 2.24) is 9.62 Å².